The highest BCUT2D eigenvalue weighted by Crippen LogP contribution is 2.34. The van der Waals surface area contributed by atoms with Crippen molar-refractivity contribution in [1.29, 1.82) is 0 Å². The zero-order valence-electron chi connectivity index (χ0n) is 20.2. The van der Waals surface area contributed by atoms with Gasteiger partial charge in [0, 0.05) is 0 Å². The molecule has 9 nitrogen and oxygen atoms in total. The molecule has 0 spiro atoms. The molecule has 1 aromatic rings. The number of urea groups is 1. The van der Waals surface area contributed by atoms with E-state index in [1.807, 2.05) is 41.5 Å². The van der Waals surface area contributed by atoms with Gasteiger partial charge in [0.15, 0.2) is 0 Å². The average Bonchev–Trinajstić information content (AvgIpc) is 2.70. The van der Waals surface area contributed by atoms with E-state index in [-0.39, 0.29) is 30.1 Å². The van der Waals surface area contributed by atoms with Crippen molar-refractivity contribution in [2.24, 2.45) is 17.8 Å². The number of carboxylic acids is 1. The monoisotopic (exact) mass is 460 g/mol. The maximum Gasteiger partial charge on any atom is 0.326 e. The van der Waals surface area contributed by atoms with Gasteiger partial charge in [-0.15, -0.1) is 0 Å². The van der Waals surface area contributed by atoms with Crippen molar-refractivity contribution in [2.45, 2.75) is 72.5 Å². The number of rotatable bonds is 9. The quantitative estimate of drug-likeness (QED) is 0.450. The Bertz CT molecular complexity index is 883. The predicted octanol–water partition coefficient (Wildman–Crippen LogP) is 3.21. The van der Waals surface area contributed by atoms with E-state index in [0.29, 0.717) is 17.8 Å². The summed E-state index contributed by atoms with van der Waals surface area (Å²) in [6.45, 7) is 11.3. The summed E-state index contributed by atoms with van der Waals surface area (Å²) in [7, 11) is 0. The molecule has 0 aromatic heterocycles. The Morgan fingerprint density at radius 1 is 0.970 bits per heavy atom. The fourth-order valence-electron chi connectivity index (χ4n) is 3.99. The highest BCUT2D eigenvalue weighted by Gasteiger charge is 2.40. The van der Waals surface area contributed by atoms with E-state index in [1.165, 1.54) is 4.90 Å². The van der Waals surface area contributed by atoms with Gasteiger partial charge in [0.1, 0.15) is 18.1 Å². The van der Waals surface area contributed by atoms with Crippen molar-refractivity contribution in [3.8, 4) is 0 Å². The molecule has 3 atom stereocenters. The number of carbonyl (C=O) groups is 4. The molecule has 1 aromatic carbocycles. The summed E-state index contributed by atoms with van der Waals surface area (Å²) in [5.74, 6) is -2.02. The number of nitrogens with zero attached hydrogens (tertiary/aromatic N) is 1. The van der Waals surface area contributed by atoms with Crippen LogP contribution in [0, 0.1) is 17.8 Å². The van der Waals surface area contributed by atoms with Gasteiger partial charge < -0.3 is 21.1 Å². The van der Waals surface area contributed by atoms with E-state index >= 15 is 0 Å². The molecule has 2 rings (SSSR count). The number of anilines is 2. The number of fused-ring (bicyclic) bond motifs is 1. The lowest BCUT2D eigenvalue weighted by Gasteiger charge is -2.39. The smallest absolute Gasteiger partial charge is 0.326 e. The largest absolute Gasteiger partial charge is 0.480 e. The second kappa shape index (κ2) is 11.2. The number of nitrogens with one attached hydrogen (secondary N) is 3. The lowest BCUT2D eigenvalue weighted by molar-refractivity contribution is -0.142. The fraction of sp³-hybridized carbons (Fsp3) is 0.583. The van der Waals surface area contributed by atoms with Crippen LogP contribution in [0.4, 0.5) is 16.2 Å². The zero-order valence-corrected chi connectivity index (χ0v) is 20.2. The van der Waals surface area contributed by atoms with Crippen LogP contribution in [-0.2, 0) is 14.4 Å². The number of carboxylic acid groups (broad SMARTS) is 1. The average molecular weight is 461 g/mol. The normalized spacial score (nSPS) is 17.4. The third-order valence-electron chi connectivity index (χ3n) is 5.46. The van der Waals surface area contributed by atoms with Crippen molar-refractivity contribution in [2.75, 3.05) is 10.2 Å². The van der Waals surface area contributed by atoms with Gasteiger partial charge in [-0.2, -0.15) is 0 Å². The minimum absolute atomic E-state index is 0.0623. The van der Waals surface area contributed by atoms with E-state index in [0.717, 1.165) is 0 Å². The van der Waals surface area contributed by atoms with Crippen molar-refractivity contribution < 1.29 is 24.3 Å². The van der Waals surface area contributed by atoms with Gasteiger partial charge in [-0.1, -0.05) is 53.7 Å². The van der Waals surface area contributed by atoms with Gasteiger partial charge in [0.2, 0.25) is 11.8 Å². The van der Waals surface area contributed by atoms with Crippen LogP contribution in [0.25, 0.3) is 0 Å². The van der Waals surface area contributed by atoms with Gasteiger partial charge >= 0.3 is 12.0 Å². The Labute approximate surface area is 195 Å². The first-order valence-corrected chi connectivity index (χ1v) is 11.4. The van der Waals surface area contributed by atoms with Crippen LogP contribution in [0.1, 0.15) is 54.4 Å². The molecule has 0 aliphatic carbocycles. The maximum absolute atomic E-state index is 13.5. The minimum atomic E-state index is -1.12. The van der Waals surface area contributed by atoms with Gasteiger partial charge in [0.25, 0.3) is 0 Å². The molecular formula is C24H36N4O5. The molecule has 4 N–H and O–H groups in total. The van der Waals surface area contributed by atoms with Gasteiger partial charge in [-0.05, 0) is 42.7 Å². The van der Waals surface area contributed by atoms with E-state index in [4.69, 9.17) is 0 Å². The SMILES string of the molecule is CC(C)C[C@H](NC(=O)[C@@H](CC(C)C)NC(=O)N1c2ccccc2NC(=O)[C@H]1C(C)C)C(=O)O. The van der Waals surface area contributed by atoms with Crippen LogP contribution in [0.3, 0.4) is 0 Å². The first-order chi connectivity index (χ1) is 15.4. The molecule has 0 bridgehead atoms. The minimum Gasteiger partial charge on any atom is -0.480 e. The molecule has 0 radical (unpaired) electrons. The molecule has 0 fully saturated rings. The number of carbonyl (C=O) groups excluding carboxylic acids is 3. The van der Waals surface area contributed by atoms with E-state index < -0.39 is 36.0 Å². The summed E-state index contributed by atoms with van der Waals surface area (Å²) in [5, 5.41) is 17.7. The molecule has 1 aliphatic rings. The summed E-state index contributed by atoms with van der Waals surface area (Å²) in [5.41, 5.74) is 1.06. The van der Waals surface area contributed by atoms with Crippen molar-refractivity contribution in [3.63, 3.8) is 0 Å². The summed E-state index contributed by atoms with van der Waals surface area (Å²) >= 11 is 0. The summed E-state index contributed by atoms with van der Waals surface area (Å²) in [6, 6.07) is 3.67. The van der Waals surface area contributed by atoms with Crippen LogP contribution in [0.2, 0.25) is 0 Å². The second-order valence-corrected chi connectivity index (χ2v) is 9.73. The highest BCUT2D eigenvalue weighted by atomic mass is 16.4. The topological polar surface area (TPSA) is 128 Å². The van der Waals surface area contributed by atoms with Gasteiger partial charge in [0.05, 0.1) is 11.4 Å². The number of para-hydroxylation sites is 2. The fourth-order valence-corrected chi connectivity index (χ4v) is 3.99. The molecule has 182 valence electrons. The first-order valence-electron chi connectivity index (χ1n) is 11.4. The highest BCUT2D eigenvalue weighted by molar-refractivity contribution is 6.12. The Morgan fingerprint density at radius 3 is 2.09 bits per heavy atom. The number of benzene rings is 1. The van der Waals surface area contributed by atoms with Crippen molar-refractivity contribution in [1.82, 2.24) is 10.6 Å². The van der Waals surface area contributed by atoms with Crippen LogP contribution >= 0.6 is 0 Å². The Morgan fingerprint density at radius 2 is 1.55 bits per heavy atom. The second-order valence-electron chi connectivity index (χ2n) is 9.73. The molecule has 0 unspecified atom stereocenters. The summed E-state index contributed by atoms with van der Waals surface area (Å²) < 4.78 is 0. The molecule has 33 heavy (non-hydrogen) atoms. The Hall–Kier alpha value is -3.10. The summed E-state index contributed by atoms with van der Waals surface area (Å²) in [4.78, 5) is 52.3. The lowest BCUT2D eigenvalue weighted by atomic mass is 9.97. The molecule has 1 heterocycles. The first kappa shape index (κ1) is 26.2. The zero-order chi connectivity index (χ0) is 24.9. The van der Waals surface area contributed by atoms with E-state index in [2.05, 4.69) is 16.0 Å². The maximum atomic E-state index is 13.5. The molecule has 1 aliphatic heterocycles. The standard InChI is InChI=1S/C24H36N4O5/c1-13(2)11-17(21(29)26-18(23(31)32)12-14(3)4)27-24(33)28-19-10-8-7-9-16(19)25-22(30)20(28)15(5)6/h7-10,13-15,17-18,20H,11-12H2,1-6H3,(H,25,30)(H,26,29)(H,27,33)(H,31,32)/t17-,18+,20-/m1/s1. The molecule has 4 amide bonds. The van der Waals surface area contributed by atoms with E-state index in [1.54, 1.807) is 24.3 Å². The lowest BCUT2D eigenvalue weighted by Crippen LogP contribution is -2.60. The number of hydrogen-bond donors (Lipinski definition) is 4. The number of aliphatic carboxylic acids is 1. The Kier molecular flexibility index (Phi) is 8.84. The van der Waals surface area contributed by atoms with Crippen molar-refractivity contribution >= 4 is 35.2 Å². The predicted molar refractivity (Wildman–Crippen MR) is 127 cm³/mol. The molecular weight excluding hydrogens is 424 g/mol. The summed E-state index contributed by atoms with van der Waals surface area (Å²) in [6.07, 6.45) is 0.595. The van der Waals surface area contributed by atoms with Crippen LogP contribution in [0.15, 0.2) is 24.3 Å². The number of amides is 4. The van der Waals surface area contributed by atoms with Crippen molar-refractivity contribution in [3.05, 3.63) is 24.3 Å². The van der Waals surface area contributed by atoms with Gasteiger partial charge in [-0.3, -0.25) is 14.5 Å². The van der Waals surface area contributed by atoms with Crippen LogP contribution < -0.4 is 20.9 Å². The molecule has 9 heteroatoms. The number of hydrogen-bond acceptors (Lipinski definition) is 4. The van der Waals surface area contributed by atoms with E-state index in [9.17, 15) is 24.3 Å². The third-order valence-corrected chi connectivity index (χ3v) is 5.46. The third kappa shape index (κ3) is 6.69. The molecule has 0 saturated carbocycles. The molecule has 0 saturated heterocycles. The Balaban J connectivity index is 2.32. The van der Waals surface area contributed by atoms with Crippen LogP contribution in [-0.4, -0.2) is 47.0 Å². The van der Waals surface area contributed by atoms with Crippen LogP contribution in [0.5, 0.6) is 0 Å². The van der Waals surface area contributed by atoms with Gasteiger partial charge in [-0.25, -0.2) is 9.59 Å².